The number of nitrogens with one attached hydrogen (secondary N) is 1. The Hall–Kier alpha value is -2.95. The Morgan fingerprint density at radius 3 is 2.85 bits per heavy atom. The minimum absolute atomic E-state index is 0.111. The van der Waals surface area contributed by atoms with E-state index < -0.39 is 21.7 Å². The molecule has 0 saturated carbocycles. The lowest BCUT2D eigenvalue weighted by molar-refractivity contribution is -0.126. The predicted molar refractivity (Wildman–Crippen MR) is 122 cm³/mol. The van der Waals surface area contributed by atoms with E-state index in [0.29, 0.717) is 19.5 Å². The molecule has 33 heavy (non-hydrogen) atoms. The number of hydrogen-bond donors (Lipinski definition) is 1. The fourth-order valence-electron chi connectivity index (χ4n) is 3.70. The summed E-state index contributed by atoms with van der Waals surface area (Å²) in [5.41, 5.74) is 3.48. The Balaban J connectivity index is 1.48. The van der Waals surface area contributed by atoms with E-state index in [1.807, 2.05) is 6.92 Å². The van der Waals surface area contributed by atoms with Crippen LogP contribution in [0.5, 0.6) is 0 Å². The van der Waals surface area contributed by atoms with Gasteiger partial charge in [0.15, 0.2) is 0 Å². The Morgan fingerprint density at radius 2 is 2.12 bits per heavy atom. The highest BCUT2D eigenvalue weighted by Gasteiger charge is 2.24. The standard InChI is InChI=1S/C23H21F2N3O3S2/c1-15-20(13-27-33(30,31)23-3-2-10-32-23)19-8-9-28(14-17(19)12-26-15)22(29)7-5-16-4-6-18(24)11-21(16)25/h2-7,10-12,27H,8-9,13-14H2,1H3/b7-5+. The number of hydrogen-bond acceptors (Lipinski definition) is 5. The first-order valence-corrected chi connectivity index (χ1v) is 12.5. The van der Waals surface area contributed by atoms with Gasteiger partial charge in [-0.15, -0.1) is 11.3 Å². The van der Waals surface area contributed by atoms with E-state index in [2.05, 4.69) is 9.71 Å². The summed E-state index contributed by atoms with van der Waals surface area (Å²) >= 11 is 1.15. The Morgan fingerprint density at radius 1 is 1.30 bits per heavy atom. The van der Waals surface area contributed by atoms with Crippen LogP contribution in [0.4, 0.5) is 8.78 Å². The third kappa shape index (κ3) is 5.18. The fraction of sp³-hybridized carbons (Fsp3) is 0.217. The molecule has 172 valence electrons. The molecule has 1 aromatic carbocycles. The number of carbonyl (C=O) groups is 1. The summed E-state index contributed by atoms with van der Waals surface area (Å²) < 4.78 is 54.7. The minimum atomic E-state index is -3.61. The van der Waals surface area contributed by atoms with Crippen molar-refractivity contribution in [2.24, 2.45) is 0 Å². The van der Waals surface area contributed by atoms with Crippen molar-refractivity contribution < 1.29 is 22.0 Å². The van der Waals surface area contributed by atoms with Gasteiger partial charge in [0.25, 0.3) is 0 Å². The molecular weight excluding hydrogens is 468 g/mol. The molecule has 3 heterocycles. The second-order valence-corrected chi connectivity index (χ2v) is 10.5. The molecule has 0 spiro atoms. The van der Waals surface area contributed by atoms with Crippen LogP contribution < -0.4 is 4.72 Å². The van der Waals surface area contributed by atoms with E-state index in [1.54, 1.807) is 28.6 Å². The number of nitrogens with zero attached hydrogens (tertiary/aromatic N) is 2. The quantitative estimate of drug-likeness (QED) is 0.534. The van der Waals surface area contributed by atoms with Gasteiger partial charge in [-0.3, -0.25) is 9.78 Å². The maximum atomic E-state index is 13.8. The third-order valence-electron chi connectivity index (χ3n) is 5.47. The highest BCUT2D eigenvalue weighted by Crippen LogP contribution is 2.25. The lowest BCUT2D eigenvalue weighted by Crippen LogP contribution is -2.36. The summed E-state index contributed by atoms with van der Waals surface area (Å²) in [6.45, 7) is 2.67. The van der Waals surface area contributed by atoms with Crippen molar-refractivity contribution in [3.63, 3.8) is 0 Å². The van der Waals surface area contributed by atoms with E-state index in [4.69, 9.17) is 0 Å². The van der Waals surface area contributed by atoms with Gasteiger partial charge in [-0.25, -0.2) is 21.9 Å². The fourth-order valence-corrected chi connectivity index (χ4v) is 5.74. The largest absolute Gasteiger partial charge is 0.334 e. The van der Waals surface area contributed by atoms with Crippen LogP contribution >= 0.6 is 11.3 Å². The number of halogens is 2. The van der Waals surface area contributed by atoms with Crippen LogP contribution in [-0.4, -0.2) is 30.8 Å². The zero-order chi connectivity index (χ0) is 23.6. The first-order valence-electron chi connectivity index (χ1n) is 10.2. The molecule has 10 heteroatoms. The highest BCUT2D eigenvalue weighted by atomic mass is 32.2. The van der Waals surface area contributed by atoms with Gasteiger partial charge >= 0.3 is 0 Å². The monoisotopic (exact) mass is 489 g/mol. The van der Waals surface area contributed by atoms with Crippen LogP contribution in [0.25, 0.3) is 6.08 Å². The first kappa shape index (κ1) is 23.2. The lowest BCUT2D eigenvalue weighted by atomic mass is 9.95. The van der Waals surface area contributed by atoms with Crippen molar-refractivity contribution >= 4 is 33.3 Å². The van der Waals surface area contributed by atoms with Crippen LogP contribution in [0.15, 0.2) is 52.2 Å². The summed E-state index contributed by atoms with van der Waals surface area (Å²) in [6.07, 6.45) is 4.83. The van der Waals surface area contributed by atoms with Crippen LogP contribution in [0, 0.1) is 18.6 Å². The molecule has 0 aliphatic carbocycles. The molecule has 1 amide bonds. The predicted octanol–water partition coefficient (Wildman–Crippen LogP) is 3.81. The topological polar surface area (TPSA) is 79.4 Å². The number of aromatic nitrogens is 1. The van der Waals surface area contributed by atoms with Gasteiger partial charge in [0, 0.05) is 49.2 Å². The van der Waals surface area contributed by atoms with Gasteiger partial charge in [-0.05, 0) is 59.7 Å². The first-order chi connectivity index (χ1) is 15.7. The second-order valence-electron chi connectivity index (χ2n) is 7.59. The van der Waals surface area contributed by atoms with Gasteiger partial charge in [-0.1, -0.05) is 6.07 Å². The van der Waals surface area contributed by atoms with Crippen molar-refractivity contribution in [2.75, 3.05) is 6.54 Å². The SMILES string of the molecule is Cc1ncc2c(c1CNS(=O)(=O)c1cccs1)CCN(C(=O)/C=C/c1ccc(F)cc1F)C2. The number of carbonyl (C=O) groups excluding carboxylic acids is 1. The molecule has 2 aromatic heterocycles. The maximum Gasteiger partial charge on any atom is 0.250 e. The number of rotatable bonds is 6. The molecule has 1 aliphatic rings. The van der Waals surface area contributed by atoms with Gasteiger partial charge in [0.1, 0.15) is 15.8 Å². The van der Waals surface area contributed by atoms with E-state index >= 15 is 0 Å². The number of aryl methyl sites for hydroxylation is 1. The molecular formula is C23H21F2N3O3S2. The summed E-state index contributed by atoms with van der Waals surface area (Å²) in [7, 11) is -3.61. The molecule has 0 unspecified atom stereocenters. The Bertz CT molecular complexity index is 1320. The molecule has 1 aliphatic heterocycles. The second kappa shape index (κ2) is 9.50. The van der Waals surface area contributed by atoms with Crippen LogP contribution in [0.1, 0.15) is 27.9 Å². The number of amides is 1. The number of fused-ring (bicyclic) bond motifs is 1. The number of thiophene rings is 1. The smallest absolute Gasteiger partial charge is 0.250 e. The minimum Gasteiger partial charge on any atom is -0.334 e. The van der Waals surface area contributed by atoms with Gasteiger partial charge < -0.3 is 4.90 Å². The van der Waals surface area contributed by atoms with Crippen molar-refractivity contribution in [2.45, 2.75) is 30.6 Å². The molecule has 0 radical (unpaired) electrons. The normalized spacial score (nSPS) is 14.0. The molecule has 4 rings (SSSR count). The molecule has 0 bridgehead atoms. The van der Waals surface area contributed by atoms with E-state index in [-0.39, 0.29) is 22.2 Å². The molecule has 0 atom stereocenters. The van der Waals surface area contributed by atoms with Gasteiger partial charge in [0.05, 0.1) is 0 Å². The van der Waals surface area contributed by atoms with E-state index in [0.717, 1.165) is 45.9 Å². The van der Waals surface area contributed by atoms with Gasteiger partial charge in [0.2, 0.25) is 15.9 Å². The molecule has 0 saturated heterocycles. The van der Waals surface area contributed by atoms with Crippen molar-refractivity contribution in [1.82, 2.24) is 14.6 Å². The van der Waals surface area contributed by atoms with E-state index in [1.165, 1.54) is 18.2 Å². The highest BCUT2D eigenvalue weighted by molar-refractivity contribution is 7.91. The molecule has 6 nitrogen and oxygen atoms in total. The average Bonchev–Trinajstić information content (AvgIpc) is 3.33. The van der Waals surface area contributed by atoms with Crippen molar-refractivity contribution in [1.29, 1.82) is 0 Å². The zero-order valence-corrected chi connectivity index (χ0v) is 19.3. The average molecular weight is 490 g/mol. The molecule has 0 fully saturated rings. The number of sulfonamides is 1. The maximum absolute atomic E-state index is 13.8. The summed E-state index contributed by atoms with van der Waals surface area (Å²) in [4.78, 5) is 18.6. The summed E-state index contributed by atoms with van der Waals surface area (Å²) in [5, 5.41) is 1.70. The van der Waals surface area contributed by atoms with Gasteiger partial charge in [-0.2, -0.15) is 0 Å². The Kier molecular flexibility index (Phi) is 6.68. The summed E-state index contributed by atoms with van der Waals surface area (Å²) in [5.74, 6) is -1.72. The third-order valence-corrected chi connectivity index (χ3v) is 8.27. The molecule has 3 aromatic rings. The molecule has 1 N–H and O–H groups in total. The lowest BCUT2D eigenvalue weighted by Gasteiger charge is -2.30. The van der Waals surface area contributed by atoms with Crippen LogP contribution in [-0.2, 0) is 34.3 Å². The zero-order valence-electron chi connectivity index (χ0n) is 17.7. The summed E-state index contributed by atoms with van der Waals surface area (Å²) in [6, 6.07) is 6.40. The van der Waals surface area contributed by atoms with Crippen LogP contribution in [0.2, 0.25) is 0 Å². The van der Waals surface area contributed by atoms with E-state index in [9.17, 15) is 22.0 Å². The van der Waals surface area contributed by atoms with Crippen molar-refractivity contribution in [3.05, 3.63) is 87.6 Å². The van der Waals surface area contributed by atoms with Crippen molar-refractivity contribution in [3.8, 4) is 0 Å². The Labute approximate surface area is 194 Å². The number of pyridine rings is 1. The number of benzene rings is 1. The van der Waals surface area contributed by atoms with Crippen LogP contribution in [0.3, 0.4) is 0 Å².